The zero-order valence-corrected chi connectivity index (χ0v) is 10.8. The fourth-order valence-corrected chi connectivity index (χ4v) is 3.72. The Morgan fingerprint density at radius 3 is 2.00 bits per heavy atom. The van der Waals surface area contributed by atoms with Crippen LogP contribution in [-0.2, 0) is 4.57 Å². The van der Waals surface area contributed by atoms with Crippen molar-refractivity contribution in [1.82, 2.24) is 0 Å². The molecule has 0 aliphatic carbocycles. The number of rotatable bonds is 4. The number of benzene rings is 2. The van der Waals surface area contributed by atoms with E-state index in [0.717, 1.165) is 5.56 Å². The van der Waals surface area contributed by atoms with Crippen molar-refractivity contribution in [2.24, 2.45) is 0 Å². The van der Waals surface area contributed by atoms with Gasteiger partial charge in [-0.25, -0.2) is 0 Å². The Bertz CT molecular complexity index is 564. The maximum atomic E-state index is 12.6. The van der Waals surface area contributed by atoms with Gasteiger partial charge in [0.25, 0.3) is 0 Å². The van der Waals surface area contributed by atoms with Crippen molar-refractivity contribution < 1.29 is 9.46 Å². The lowest BCUT2D eigenvalue weighted by atomic mass is 10.1. The third-order valence-electron chi connectivity index (χ3n) is 2.87. The van der Waals surface area contributed by atoms with E-state index in [1.807, 2.05) is 36.4 Å². The molecule has 0 heterocycles. The number of hydrogen-bond donors (Lipinski definition) is 1. The highest BCUT2D eigenvalue weighted by Gasteiger charge is 2.31. The second-order valence-electron chi connectivity index (χ2n) is 4.05. The van der Waals surface area contributed by atoms with Gasteiger partial charge in [-0.15, -0.1) is 6.58 Å². The molecule has 2 rings (SSSR count). The maximum absolute atomic E-state index is 12.6. The molecule has 0 amide bonds. The minimum Gasteiger partial charge on any atom is -0.340 e. The summed E-state index contributed by atoms with van der Waals surface area (Å²) in [4.78, 5) is 10.4. The Morgan fingerprint density at radius 2 is 1.50 bits per heavy atom. The smallest absolute Gasteiger partial charge is 0.240 e. The summed E-state index contributed by atoms with van der Waals surface area (Å²) in [6, 6.07) is 18.0. The normalized spacial score (nSPS) is 15.6. The molecule has 2 aromatic rings. The Labute approximate surface area is 107 Å². The van der Waals surface area contributed by atoms with Crippen LogP contribution in [0.4, 0.5) is 0 Å². The Hall–Kier alpha value is -1.63. The molecule has 18 heavy (non-hydrogen) atoms. The monoisotopic (exact) mass is 258 g/mol. The molecule has 2 aromatic carbocycles. The first-order valence-electron chi connectivity index (χ1n) is 5.72. The molecule has 0 aliphatic heterocycles. The van der Waals surface area contributed by atoms with Gasteiger partial charge in [-0.1, -0.05) is 54.6 Å². The van der Waals surface area contributed by atoms with E-state index in [2.05, 4.69) is 6.58 Å². The molecule has 0 saturated heterocycles. The predicted octanol–water partition coefficient (Wildman–Crippen LogP) is 3.51. The zero-order valence-electron chi connectivity index (χ0n) is 9.94. The Kier molecular flexibility index (Phi) is 3.81. The van der Waals surface area contributed by atoms with Gasteiger partial charge in [0.1, 0.15) is 0 Å². The molecule has 0 spiro atoms. The van der Waals surface area contributed by atoms with Crippen LogP contribution >= 0.6 is 7.37 Å². The molecule has 0 aromatic heterocycles. The minimum absolute atomic E-state index is 0.457. The molecule has 2 unspecified atom stereocenters. The summed E-state index contributed by atoms with van der Waals surface area (Å²) in [6.07, 6.45) is 1.54. The lowest BCUT2D eigenvalue weighted by molar-refractivity contribution is 0.483. The molecular weight excluding hydrogens is 243 g/mol. The van der Waals surface area contributed by atoms with E-state index in [0.29, 0.717) is 5.30 Å². The average molecular weight is 258 g/mol. The van der Waals surface area contributed by atoms with Crippen LogP contribution in [0.15, 0.2) is 73.3 Å². The number of hydrogen-bond acceptors (Lipinski definition) is 1. The van der Waals surface area contributed by atoms with Crippen LogP contribution in [0, 0.1) is 0 Å². The average Bonchev–Trinajstić information content (AvgIpc) is 2.41. The van der Waals surface area contributed by atoms with E-state index in [1.54, 1.807) is 30.3 Å². The van der Waals surface area contributed by atoms with E-state index in [9.17, 15) is 9.46 Å². The van der Waals surface area contributed by atoms with Gasteiger partial charge in [0, 0.05) is 5.30 Å². The standard InChI is InChI=1S/C15H15O2P/c1-2-15(13-9-5-3-6-10-13)18(16,17)14-11-7-4-8-12-14/h2-12,15H,1H2,(H,16,17). The van der Waals surface area contributed by atoms with Gasteiger partial charge in [0.05, 0.1) is 5.66 Å². The lowest BCUT2D eigenvalue weighted by Gasteiger charge is -2.20. The van der Waals surface area contributed by atoms with Gasteiger partial charge >= 0.3 is 0 Å². The van der Waals surface area contributed by atoms with Crippen molar-refractivity contribution in [2.75, 3.05) is 0 Å². The highest BCUT2D eigenvalue weighted by Crippen LogP contribution is 2.54. The molecular formula is C15H15O2P. The largest absolute Gasteiger partial charge is 0.340 e. The van der Waals surface area contributed by atoms with Crippen molar-refractivity contribution in [3.63, 3.8) is 0 Å². The van der Waals surface area contributed by atoms with E-state index < -0.39 is 13.0 Å². The van der Waals surface area contributed by atoms with Crippen LogP contribution < -0.4 is 5.30 Å². The van der Waals surface area contributed by atoms with Crippen molar-refractivity contribution in [2.45, 2.75) is 5.66 Å². The first-order chi connectivity index (χ1) is 8.66. The number of allylic oxidation sites excluding steroid dienone is 1. The summed E-state index contributed by atoms with van der Waals surface area (Å²) in [5.74, 6) is 0. The van der Waals surface area contributed by atoms with Crippen LogP contribution in [0.5, 0.6) is 0 Å². The zero-order chi connectivity index (χ0) is 13.0. The van der Waals surface area contributed by atoms with Crippen LogP contribution in [0.2, 0.25) is 0 Å². The molecule has 0 aliphatic rings. The molecule has 3 heteroatoms. The second-order valence-corrected chi connectivity index (χ2v) is 6.37. The first kappa shape index (κ1) is 12.8. The Morgan fingerprint density at radius 1 is 1.00 bits per heavy atom. The molecule has 92 valence electrons. The molecule has 0 fully saturated rings. The topological polar surface area (TPSA) is 37.3 Å². The third kappa shape index (κ3) is 2.45. The van der Waals surface area contributed by atoms with Crippen LogP contribution in [0.3, 0.4) is 0 Å². The highest BCUT2D eigenvalue weighted by molar-refractivity contribution is 7.66. The van der Waals surface area contributed by atoms with Crippen molar-refractivity contribution in [3.8, 4) is 0 Å². The minimum atomic E-state index is -3.49. The van der Waals surface area contributed by atoms with Crippen LogP contribution in [0.1, 0.15) is 11.2 Å². The Balaban J connectivity index is 2.45. The van der Waals surface area contributed by atoms with Crippen molar-refractivity contribution in [1.29, 1.82) is 0 Å². The van der Waals surface area contributed by atoms with Crippen LogP contribution in [-0.4, -0.2) is 4.89 Å². The summed E-state index contributed by atoms with van der Waals surface area (Å²) < 4.78 is 12.6. The van der Waals surface area contributed by atoms with Gasteiger partial charge in [0.15, 0.2) is 0 Å². The van der Waals surface area contributed by atoms with Gasteiger partial charge < -0.3 is 4.89 Å². The molecule has 1 N–H and O–H groups in total. The fraction of sp³-hybridized carbons (Fsp3) is 0.0667. The fourth-order valence-electron chi connectivity index (χ4n) is 1.93. The predicted molar refractivity (Wildman–Crippen MR) is 75.3 cm³/mol. The van der Waals surface area contributed by atoms with E-state index in [1.165, 1.54) is 0 Å². The summed E-state index contributed by atoms with van der Waals surface area (Å²) in [5.41, 5.74) is 0.239. The highest BCUT2D eigenvalue weighted by atomic mass is 31.2. The molecule has 2 atom stereocenters. The summed E-state index contributed by atoms with van der Waals surface area (Å²) in [7, 11) is -3.49. The summed E-state index contributed by atoms with van der Waals surface area (Å²) in [5, 5.41) is 0.457. The van der Waals surface area contributed by atoms with Crippen molar-refractivity contribution in [3.05, 3.63) is 78.9 Å². The molecule has 0 radical (unpaired) electrons. The molecule has 0 saturated carbocycles. The van der Waals surface area contributed by atoms with E-state index in [4.69, 9.17) is 0 Å². The maximum Gasteiger partial charge on any atom is 0.240 e. The van der Waals surface area contributed by atoms with Gasteiger partial charge in [-0.3, -0.25) is 4.57 Å². The van der Waals surface area contributed by atoms with Gasteiger partial charge in [-0.05, 0) is 17.7 Å². The van der Waals surface area contributed by atoms with Crippen LogP contribution in [0.25, 0.3) is 0 Å². The molecule has 2 nitrogen and oxygen atoms in total. The van der Waals surface area contributed by atoms with Gasteiger partial charge in [-0.2, -0.15) is 0 Å². The SMILES string of the molecule is C=CC(c1ccccc1)P(=O)(O)c1ccccc1. The quantitative estimate of drug-likeness (QED) is 0.673. The summed E-state index contributed by atoms with van der Waals surface area (Å²) >= 11 is 0. The first-order valence-corrected chi connectivity index (χ1v) is 7.44. The van der Waals surface area contributed by atoms with E-state index in [-0.39, 0.29) is 0 Å². The van der Waals surface area contributed by atoms with Crippen molar-refractivity contribution >= 4 is 12.7 Å². The molecule has 0 bridgehead atoms. The lowest BCUT2D eigenvalue weighted by Crippen LogP contribution is -2.09. The van der Waals surface area contributed by atoms with Gasteiger partial charge in [0.2, 0.25) is 7.37 Å². The third-order valence-corrected chi connectivity index (χ3v) is 5.17. The summed E-state index contributed by atoms with van der Waals surface area (Å²) in [6.45, 7) is 3.70. The van der Waals surface area contributed by atoms with E-state index >= 15 is 0 Å². The second kappa shape index (κ2) is 5.34.